The Labute approximate surface area is 95.2 Å². The summed E-state index contributed by atoms with van der Waals surface area (Å²) in [6, 6.07) is 1.52. The molecule has 4 nitrogen and oxygen atoms in total. The first-order valence-electron chi connectivity index (χ1n) is 5.41. The first-order chi connectivity index (χ1) is 7.50. The number of ether oxygens (including phenoxy) is 1. The van der Waals surface area contributed by atoms with E-state index in [1.54, 1.807) is 6.92 Å². The molecule has 0 saturated carbocycles. The molecule has 1 aromatic rings. The molecule has 0 aromatic carbocycles. The number of hydrogen-bond acceptors (Lipinski definition) is 3. The summed E-state index contributed by atoms with van der Waals surface area (Å²) in [6.45, 7) is 7.11. The highest BCUT2D eigenvalue weighted by Gasteiger charge is 2.12. The normalized spacial score (nSPS) is 11.0. The third-order valence-electron chi connectivity index (χ3n) is 2.33. The van der Waals surface area contributed by atoms with Gasteiger partial charge in [0, 0.05) is 12.2 Å². The van der Waals surface area contributed by atoms with E-state index in [-0.39, 0.29) is 5.76 Å². The van der Waals surface area contributed by atoms with Gasteiger partial charge in [0.05, 0.1) is 6.61 Å². The molecule has 0 atom stereocenters. The van der Waals surface area contributed by atoms with Gasteiger partial charge in [0.1, 0.15) is 5.76 Å². The van der Waals surface area contributed by atoms with Crippen LogP contribution in [0.5, 0.6) is 0 Å². The van der Waals surface area contributed by atoms with Crippen LogP contribution in [0, 0.1) is 12.8 Å². The minimum atomic E-state index is -1.04. The fourth-order valence-corrected chi connectivity index (χ4v) is 1.27. The topological polar surface area (TPSA) is 59.7 Å². The molecular weight excluding hydrogens is 208 g/mol. The highest BCUT2D eigenvalue weighted by Crippen LogP contribution is 2.15. The maximum Gasteiger partial charge on any atom is 0.371 e. The van der Waals surface area contributed by atoms with Crippen LogP contribution < -0.4 is 0 Å². The van der Waals surface area contributed by atoms with Gasteiger partial charge >= 0.3 is 5.97 Å². The smallest absolute Gasteiger partial charge is 0.371 e. The third-order valence-corrected chi connectivity index (χ3v) is 2.33. The summed E-state index contributed by atoms with van der Waals surface area (Å²) in [6.07, 6.45) is 1.00. The zero-order chi connectivity index (χ0) is 12.1. The number of aromatic carboxylic acids is 1. The van der Waals surface area contributed by atoms with E-state index < -0.39 is 5.97 Å². The number of furan rings is 1. The average molecular weight is 226 g/mol. The standard InChI is InChI=1S/C12H18O4/c1-8(2)4-5-15-7-10-6-11(12(13)14)16-9(10)3/h6,8H,4-5,7H2,1-3H3,(H,13,14). The lowest BCUT2D eigenvalue weighted by atomic mass is 10.1. The number of rotatable bonds is 6. The molecule has 0 aliphatic heterocycles. The summed E-state index contributed by atoms with van der Waals surface area (Å²) in [5.41, 5.74) is 0.807. The second-order valence-corrected chi connectivity index (χ2v) is 4.23. The van der Waals surface area contributed by atoms with Crippen LogP contribution >= 0.6 is 0 Å². The van der Waals surface area contributed by atoms with E-state index in [9.17, 15) is 4.79 Å². The summed E-state index contributed by atoms with van der Waals surface area (Å²) in [4.78, 5) is 10.7. The number of carboxylic acids is 1. The molecule has 0 aliphatic carbocycles. The van der Waals surface area contributed by atoms with Crippen molar-refractivity contribution in [2.45, 2.75) is 33.8 Å². The Hall–Kier alpha value is -1.29. The van der Waals surface area contributed by atoms with Crippen molar-refractivity contribution in [1.82, 2.24) is 0 Å². The molecule has 1 heterocycles. The first kappa shape index (κ1) is 12.8. The van der Waals surface area contributed by atoms with Gasteiger partial charge in [-0.1, -0.05) is 13.8 Å². The van der Waals surface area contributed by atoms with Crippen LogP contribution in [-0.4, -0.2) is 17.7 Å². The van der Waals surface area contributed by atoms with Crippen LogP contribution in [0.1, 0.15) is 42.1 Å². The van der Waals surface area contributed by atoms with E-state index >= 15 is 0 Å². The van der Waals surface area contributed by atoms with Crippen molar-refractivity contribution in [2.75, 3.05) is 6.61 Å². The largest absolute Gasteiger partial charge is 0.475 e. The predicted molar refractivity (Wildman–Crippen MR) is 59.5 cm³/mol. The van der Waals surface area contributed by atoms with Gasteiger partial charge in [-0.3, -0.25) is 0 Å². The molecule has 16 heavy (non-hydrogen) atoms. The Morgan fingerprint density at radius 3 is 2.75 bits per heavy atom. The molecule has 0 unspecified atom stereocenters. The molecule has 0 saturated heterocycles. The minimum absolute atomic E-state index is 0.0278. The second kappa shape index (κ2) is 5.70. The average Bonchev–Trinajstić information content (AvgIpc) is 2.55. The molecule has 0 aliphatic rings. The lowest BCUT2D eigenvalue weighted by Crippen LogP contribution is -1.99. The molecule has 0 bridgehead atoms. The molecule has 1 rings (SSSR count). The molecule has 1 aromatic heterocycles. The van der Waals surface area contributed by atoms with Crippen molar-refractivity contribution in [3.8, 4) is 0 Å². The van der Waals surface area contributed by atoms with Crippen molar-refractivity contribution in [3.05, 3.63) is 23.2 Å². The summed E-state index contributed by atoms with van der Waals surface area (Å²) in [5.74, 6) is 0.151. The Bertz CT molecular complexity index is 352. The summed E-state index contributed by atoms with van der Waals surface area (Å²) in [5, 5.41) is 8.73. The molecule has 4 heteroatoms. The van der Waals surface area contributed by atoms with Crippen molar-refractivity contribution in [1.29, 1.82) is 0 Å². The maximum atomic E-state index is 10.7. The van der Waals surface area contributed by atoms with Gasteiger partial charge in [0.15, 0.2) is 0 Å². The SMILES string of the molecule is Cc1oc(C(=O)O)cc1COCCC(C)C. The van der Waals surface area contributed by atoms with Gasteiger partial charge in [-0.2, -0.15) is 0 Å². The summed E-state index contributed by atoms with van der Waals surface area (Å²) < 4.78 is 10.5. The van der Waals surface area contributed by atoms with Crippen LogP contribution in [0.25, 0.3) is 0 Å². The van der Waals surface area contributed by atoms with Gasteiger partial charge in [-0.15, -0.1) is 0 Å². The zero-order valence-corrected chi connectivity index (χ0v) is 9.95. The van der Waals surface area contributed by atoms with Crippen molar-refractivity contribution < 1.29 is 19.1 Å². The van der Waals surface area contributed by atoms with E-state index in [2.05, 4.69) is 13.8 Å². The van der Waals surface area contributed by atoms with Gasteiger partial charge in [0.2, 0.25) is 5.76 Å². The monoisotopic (exact) mass is 226 g/mol. The van der Waals surface area contributed by atoms with Gasteiger partial charge in [-0.25, -0.2) is 4.79 Å². The Morgan fingerprint density at radius 2 is 2.25 bits per heavy atom. The minimum Gasteiger partial charge on any atom is -0.475 e. The zero-order valence-electron chi connectivity index (χ0n) is 9.95. The Balaban J connectivity index is 2.45. The number of carbonyl (C=O) groups is 1. The van der Waals surface area contributed by atoms with E-state index in [1.165, 1.54) is 6.07 Å². The van der Waals surface area contributed by atoms with Crippen molar-refractivity contribution >= 4 is 5.97 Å². The first-order valence-corrected chi connectivity index (χ1v) is 5.41. The van der Waals surface area contributed by atoms with Crippen molar-refractivity contribution in [3.63, 3.8) is 0 Å². The molecule has 0 fully saturated rings. The third kappa shape index (κ3) is 3.70. The number of hydrogen-bond donors (Lipinski definition) is 1. The fraction of sp³-hybridized carbons (Fsp3) is 0.583. The van der Waals surface area contributed by atoms with E-state index in [1.807, 2.05) is 0 Å². The van der Waals surface area contributed by atoms with Gasteiger partial charge in [0.25, 0.3) is 0 Å². The van der Waals surface area contributed by atoms with Crippen LogP contribution in [0.15, 0.2) is 10.5 Å². The Morgan fingerprint density at radius 1 is 1.56 bits per heavy atom. The number of aryl methyl sites for hydroxylation is 1. The molecule has 0 amide bonds. The highest BCUT2D eigenvalue weighted by molar-refractivity contribution is 5.84. The lowest BCUT2D eigenvalue weighted by molar-refractivity contribution is 0.0661. The lowest BCUT2D eigenvalue weighted by Gasteiger charge is -2.05. The molecular formula is C12H18O4. The predicted octanol–water partition coefficient (Wildman–Crippen LogP) is 2.85. The van der Waals surface area contributed by atoms with Gasteiger partial charge in [-0.05, 0) is 25.3 Å². The van der Waals surface area contributed by atoms with Crippen LogP contribution in [0.4, 0.5) is 0 Å². The molecule has 1 N–H and O–H groups in total. The summed E-state index contributed by atoms with van der Waals surface area (Å²) in [7, 11) is 0. The van der Waals surface area contributed by atoms with E-state index in [0.717, 1.165) is 12.0 Å². The molecule has 0 spiro atoms. The number of carboxylic acid groups (broad SMARTS) is 1. The van der Waals surface area contributed by atoms with Crippen LogP contribution in [-0.2, 0) is 11.3 Å². The fourth-order valence-electron chi connectivity index (χ4n) is 1.27. The Kier molecular flexibility index (Phi) is 4.55. The molecule has 0 radical (unpaired) electrons. The quantitative estimate of drug-likeness (QED) is 0.758. The second-order valence-electron chi connectivity index (χ2n) is 4.23. The van der Waals surface area contributed by atoms with Crippen molar-refractivity contribution in [2.24, 2.45) is 5.92 Å². The van der Waals surface area contributed by atoms with E-state index in [0.29, 0.717) is 24.9 Å². The van der Waals surface area contributed by atoms with E-state index in [4.69, 9.17) is 14.3 Å². The van der Waals surface area contributed by atoms with Crippen LogP contribution in [0.2, 0.25) is 0 Å². The maximum absolute atomic E-state index is 10.7. The molecule has 90 valence electrons. The summed E-state index contributed by atoms with van der Waals surface area (Å²) >= 11 is 0. The highest BCUT2D eigenvalue weighted by atomic mass is 16.5. The van der Waals surface area contributed by atoms with Gasteiger partial charge < -0.3 is 14.3 Å². The van der Waals surface area contributed by atoms with Crippen LogP contribution in [0.3, 0.4) is 0 Å².